The van der Waals surface area contributed by atoms with Gasteiger partial charge >= 0.3 is 0 Å². The molecule has 0 aliphatic rings. The zero-order chi connectivity index (χ0) is 14.8. The quantitative estimate of drug-likeness (QED) is 0.567. The molecule has 0 spiro atoms. The first-order valence-electron chi connectivity index (χ1n) is 8.22. The molecule has 0 amide bonds. The molecular formula is C18H30O2. The molecule has 0 radical (unpaired) electrons. The summed E-state index contributed by atoms with van der Waals surface area (Å²) >= 11 is 0. The van der Waals surface area contributed by atoms with Crippen LogP contribution in [0, 0.1) is 0 Å². The minimum Gasteiger partial charge on any atom is -0.508 e. The Labute approximate surface area is 123 Å². The lowest BCUT2D eigenvalue weighted by Crippen LogP contribution is -1.93. The lowest BCUT2D eigenvalue weighted by atomic mass is 9.99. The fraction of sp³-hybridized carbons (Fsp3) is 0.667. The van der Waals surface area contributed by atoms with E-state index in [0.29, 0.717) is 0 Å². The van der Waals surface area contributed by atoms with Crippen molar-refractivity contribution in [1.82, 2.24) is 0 Å². The number of hydrogen-bond donors (Lipinski definition) is 2. The van der Waals surface area contributed by atoms with Crippen molar-refractivity contribution in [2.45, 2.75) is 78.1 Å². The Hall–Kier alpha value is -1.18. The Morgan fingerprint density at radius 2 is 1.10 bits per heavy atom. The number of benzene rings is 1. The van der Waals surface area contributed by atoms with Crippen LogP contribution in [0.2, 0.25) is 0 Å². The van der Waals surface area contributed by atoms with Gasteiger partial charge in [0.05, 0.1) is 0 Å². The van der Waals surface area contributed by atoms with Gasteiger partial charge in [0.1, 0.15) is 11.5 Å². The van der Waals surface area contributed by atoms with Gasteiger partial charge in [0.15, 0.2) is 0 Å². The Kier molecular flexibility index (Phi) is 8.17. The third-order valence-electron chi connectivity index (χ3n) is 3.88. The minimum absolute atomic E-state index is 0.247. The average Bonchev–Trinajstić information content (AvgIpc) is 2.43. The molecule has 2 nitrogen and oxygen atoms in total. The van der Waals surface area contributed by atoms with E-state index in [2.05, 4.69) is 13.8 Å². The lowest BCUT2D eigenvalue weighted by molar-refractivity contribution is 0.439. The summed E-state index contributed by atoms with van der Waals surface area (Å²) in [5.74, 6) is 0.493. The van der Waals surface area contributed by atoms with Crippen molar-refractivity contribution in [1.29, 1.82) is 0 Å². The first-order chi connectivity index (χ1) is 9.69. The van der Waals surface area contributed by atoms with E-state index in [-0.39, 0.29) is 11.5 Å². The second-order valence-corrected chi connectivity index (χ2v) is 5.73. The highest BCUT2D eigenvalue weighted by molar-refractivity contribution is 5.45. The minimum atomic E-state index is 0.247. The van der Waals surface area contributed by atoms with E-state index in [4.69, 9.17) is 0 Å². The van der Waals surface area contributed by atoms with E-state index in [1.165, 1.54) is 44.6 Å². The molecule has 1 rings (SSSR count). The van der Waals surface area contributed by atoms with Gasteiger partial charge in [-0.3, -0.25) is 0 Å². The first-order valence-corrected chi connectivity index (χ1v) is 8.22. The smallest absolute Gasteiger partial charge is 0.122 e. The average molecular weight is 278 g/mol. The molecule has 114 valence electrons. The zero-order valence-corrected chi connectivity index (χ0v) is 13.1. The number of phenols is 2. The van der Waals surface area contributed by atoms with Crippen molar-refractivity contribution in [3.05, 3.63) is 23.3 Å². The van der Waals surface area contributed by atoms with Crippen molar-refractivity contribution in [2.75, 3.05) is 0 Å². The SMILES string of the molecule is CCCCCCc1cc(CCCCCC)c(O)cc1O. The van der Waals surface area contributed by atoms with Gasteiger partial charge in [0.25, 0.3) is 0 Å². The Morgan fingerprint density at radius 3 is 1.50 bits per heavy atom. The summed E-state index contributed by atoms with van der Waals surface area (Å²) in [4.78, 5) is 0. The molecular weight excluding hydrogens is 248 g/mol. The molecule has 0 unspecified atom stereocenters. The summed E-state index contributed by atoms with van der Waals surface area (Å²) in [6, 6.07) is 3.52. The molecule has 0 fully saturated rings. The van der Waals surface area contributed by atoms with Crippen LogP contribution in [0.3, 0.4) is 0 Å². The number of aryl methyl sites for hydroxylation is 2. The lowest BCUT2D eigenvalue weighted by Gasteiger charge is -2.10. The van der Waals surface area contributed by atoms with Crippen molar-refractivity contribution >= 4 is 0 Å². The van der Waals surface area contributed by atoms with E-state index >= 15 is 0 Å². The fourth-order valence-electron chi connectivity index (χ4n) is 2.56. The number of aromatic hydroxyl groups is 2. The van der Waals surface area contributed by atoms with Crippen LogP contribution in [0.4, 0.5) is 0 Å². The largest absolute Gasteiger partial charge is 0.508 e. The summed E-state index contributed by atoms with van der Waals surface area (Å²) < 4.78 is 0. The normalized spacial score (nSPS) is 10.9. The maximum absolute atomic E-state index is 9.92. The highest BCUT2D eigenvalue weighted by atomic mass is 16.3. The Morgan fingerprint density at radius 1 is 0.650 bits per heavy atom. The van der Waals surface area contributed by atoms with Gasteiger partial charge in [-0.25, -0.2) is 0 Å². The van der Waals surface area contributed by atoms with Gasteiger partial charge in [-0.05, 0) is 42.9 Å². The molecule has 0 bridgehead atoms. The molecule has 0 aromatic heterocycles. The molecule has 2 heteroatoms. The van der Waals surface area contributed by atoms with Gasteiger partial charge in [0, 0.05) is 6.07 Å². The first kappa shape index (κ1) is 16.9. The van der Waals surface area contributed by atoms with Gasteiger partial charge in [-0.15, -0.1) is 0 Å². The van der Waals surface area contributed by atoms with Gasteiger partial charge in [-0.1, -0.05) is 52.4 Å². The van der Waals surface area contributed by atoms with Crippen LogP contribution in [-0.4, -0.2) is 10.2 Å². The zero-order valence-electron chi connectivity index (χ0n) is 13.1. The van der Waals surface area contributed by atoms with Crippen LogP contribution in [-0.2, 0) is 12.8 Å². The monoisotopic (exact) mass is 278 g/mol. The molecule has 0 saturated carbocycles. The van der Waals surface area contributed by atoms with Crippen LogP contribution >= 0.6 is 0 Å². The number of phenolic OH excluding ortho intramolecular Hbond substituents is 2. The van der Waals surface area contributed by atoms with Gasteiger partial charge < -0.3 is 10.2 Å². The summed E-state index contributed by atoms with van der Waals surface area (Å²) in [7, 11) is 0. The number of rotatable bonds is 10. The van der Waals surface area contributed by atoms with Crippen molar-refractivity contribution < 1.29 is 10.2 Å². The molecule has 2 N–H and O–H groups in total. The predicted octanol–water partition coefficient (Wildman–Crippen LogP) is 5.34. The maximum atomic E-state index is 9.92. The second kappa shape index (κ2) is 9.68. The highest BCUT2D eigenvalue weighted by Crippen LogP contribution is 2.30. The molecule has 0 heterocycles. The molecule has 0 atom stereocenters. The molecule has 1 aromatic rings. The summed E-state index contributed by atoms with van der Waals surface area (Å²) in [6.45, 7) is 4.40. The van der Waals surface area contributed by atoms with E-state index in [0.717, 1.165) is 36.8 Å². The third-order valence-corrected chi connectivity index (χ3v) is 3.88. The summed E-state index contributed by atoms with van der Waals surface area (Å²) in [5.41, 5.74) is 1.98. The van der Waals surface area contributed by atoms with Crippen molar-refractivity contribution in [3.63, 3.8) is 0 Å². The maximum Gasteiger partial charge on any atom is 0.122 e. The van der Waals surface area contributed by atoms with Crippen LogP contribution in [0.15, 0.2) is 12.1 Å². The van der Waals surface area contributed by atoms with E-state index in [1.54, 1.807) is 0 Å². The van der Waals surface area contributed by atoms with Crippen LogP contribution < -0.4 is 0 Å². The van der Waals surface area contributed by atoms with Gasteiger partial charge in [0.2, 0.25) is 0 Å². The van der Waals surface area contributed by atoms with Crippen LogP contribution in [0.5, 0.6) is 11.5 Å². The van der Waals surface area contributed by atoms with Gasteiger partial charge in [-0.2, -0.15) is 0 Å². The van der Waals surface area contributed by atoms with E-state index in [9.17, 15) is 10.2 Å². The third kappa shape index (κ3) is 5.85. The molecule has 0 aliphatic carbocycles. The van der Waals surface area contributed by atoms with Crippen molar-refractivity contribution in [2.24, 2.45) is 0 Å². The molecule has 20 heavy (non-hydrogen) atoms. The molecule has 0 aliphatic heterocycles. The van der Waals surface area contributed by atoms with Crippen LogP contribution in [0.1, 0.15) is 76.3 Å². The summed E-state index contributed by atoms with van der Waals surface area (Å²) in [6.07, 6.45) is 11.4. The Bertz CT molecular complexity index is 352. The van der Waals surface area contributed by atoms with E-state index in [1.807, 2.05) is 6.07 Å². The standard InChI is InChI=1S/C18H30O2/c1-3-5-7-9-11-15-13-16(12-10-8-6-4-2)18(20)14-17(15)19/h13-14,19-20H,3-12H2,1-2H3. The topological polar surface area (TPSA) is 40.5 Å². The molecule has 1 aromatic carbocycles. The Balaban J connectivity index is 2.56. The molecule has 0 saturated heterocycles. The van der Waals surface area contributed by atoms with Crippen molar-refractivity contribution in [3.8, 4) is 11.5 Å². The summed E-state index contributed by atoms with van der Waals surface area (Å²) in [5, 5.41) is 19.8. The predicted molar refractivity (Wildman–Crippen MR) is 85.5 cm³/mol. The second-order valence-electron chi connectivity index (χ2n) is 5.73. The highest BCUT2D eigenvalue weighted by Gasteiger charge is 2.08. The fourth-order valence-corrected chi connectivity index (χ4v) is 2.56. The number of hydrogen-bond acceptors (Lipinski definition) is 2. The van der Waals surface area contributed by atoms with E-state index < -0.39 is 0 Å². The number of unbranched alkanes of at least 4 members (excludes halogenated alkanes) is 6. The van der Waals surface area contributed by atoms with Crippen LogP contribution in [0.25, 0.3) is 0 Å².